The van der Waals surface area contributed by atoms with Gasteiger partial charge in [-0.15, -0.1) is 0 Å². The van der Waals surface area contributed by atoms with Gasteiger partial charge in [-0.2, -0.15) is 0 Å². The monoisotopic (exact) mass is 1100 g/mol. The van der Waals surface area contributed by atoms with Crippen molar-refractivity contribution in [3.63, 3.8) is 0 Å². The maximum absolute atomic E-state index is 16.1. The molecule has 15 rings (SSSR count). The lowest BCUT2D eigenvalue weighted by atomic mass is 9.60. The molecule has 0 fully saturated rings. The van der Waals surface area contributed by atoms with Gasteiger partial charge in [0.15, 0.2) is 5.78 Å². The van der Waals surface area contributed by atoms with Crippen molar-refractivity contribution in [1.82, 2.24) is 0 Å². The van der Waals surface area contributed by atoms with E-state index in [1.54, 1.807) is 0 Å². The van der Waals surface area contributed by atoms with E-state index in [-0.39, 0.29) is 28.4 Å². The second-order valence-electron chi connectivity index (χ2n) is 25.6. The van der Waals surface area contributed by atoms with Gasteiger partial charge in [0.05, 0.1) is 10.8 Å². The molecular weight excluding hydrogens is 1020 g/mol. The standard InChI is InChI=1S/C84H72O/c1-55(2)62(54-82(5,63-30-14-8-15-31-63)64-32-16-9-17-33-64)53-75-56(3)65-45-41-57(42-46-66(58-26-10-6-11-27-58)59-28-12-7-13-29-59)50-76(65)83(75)71-36-20-18-34-67(71)69-47-43-60(51-77(69)83)80(85)61-44-48-70-68-35-19-21-37-72(68)84(78(70)52-61)74-39-23-22-38-73(74)81(4)49-25-24-40-79(81)84/h6-17,19-21,23-33,35-37,39-41,43-45,47-53,66,79H,1,18,22,34,38,42,46,54H2,2-5H3. The second-order valence-corrected chi connectivity index (χ2v) is 25.6. The topological polar surface area (TPSA) is 17.1 Å². The van der Waals surface area contributed by atoms with Crippen LogP contribution >= 0.6 is 0 Å². The van der Waals surface area contributed by atoms with Gasteiger partial charge in [-0.1, -0.05) is 274 Å². The van der Waals surface area contributed by atoms with Gasteiger partial charge in [0, 0.05) is 33.8 Å². The smallest absolute Gasteiger partial charge is 0.193 e. The Morgan fingerprint density at radius 2 is 1.20 bits per heavy atom. The van der Waals surface area contributed by atoms with Crippen LogP contribution in [0.25, 0.3) is 22.3 Å². The van der Waals surface area contributed by atoms with Crippen LogP contribution < -0.4 is 0 Å². The molecule has 7 aliphatic carbocycles. The third kappa shape index (κ3) is 7.92. The molecule has 0 saturated carbocycles. The lowest BCUT2D eigenvalue weighted by Gasteiger charge is -2.41. The van der Waals surface area contributed by atoms with Crippen molar-refractivity contribution >= 4 is 16.9 Å². The fourth-order valence-electron chi connectivity index (χ4n) is 17.1. The van der Waals surface area contributed by atoms with Crippen molar-refractivity contribution in [2.75, 3.05) is 0 Å². The fourth-order valence-corrected chi connectivity index (χ4v) is 17.1. The molecule has 0 N–H and O–H groups in total. The third-order valence-electron chi connectivity index (χ3n) is 21.2. The van der Waals surface area contributed by atoms with Gasteiger partial charge >= 0.3 is 0 Å². The predicted molar refractivity (Wildman–Crippen MR) is 353 cm³/mol. The van der Waals surface area contributed by atoms with Crippen molar-refractivity contribution in [2.45, 2.75) is 94.8 Å². The van der Waals surface area contributed by atoms with E-state index in [1.165, 1.54) is 111 Å². The zero-order valence-corrected chi connectivity index (χ0v) is 49.5. The Morgan fingerprint density at radius 3 is 1.88 bits per heavy atom. The van der Waals surface area contributed by atoms with Gasteiger partial charge in [-0.25, -0.2) is 0 Å². The number of benzene rings is 8. The van der Waals surface area contributed by atoms with Crippen LogP contribution in [-0.2, 0) is 22.7 Å². The van der Waals surface area contributed by atoms with Crippen LogP contribution in [-0.4, -0.2) is 5.78 Å². The molecule has 8 aromatic rings. The molecule has 414 valence electrons. The average Bonchev–Trinajstić information content (AvgIpc) is 1.55. The maximum atomic E-state index is 16.1. The van der Waals surface area contributed by atoms with Crippen LogP contribution in [0.4, 0.5) is 0 Å². The number of hydrogen-bond donors (Lipinski definition) is 0. The minimum atomic E-state index is -0.697. The molecule has 0 amide bonds. The van der Waals surface area contributed by atoms with Crippen molar-refractivity contribution in [1.29, 1.82) is 0 Å². The van der Waals surface area contributed by atoms with E-state index in [0.717, 1.165) is 61.6 Å². The average molecular weight is 1100 g/mol. The zero-order valence-electron chi connectivity index (χ0n) is 49.5. The summed E-state index contributed by atoms with van der Waals surface area (Å²) in [6.07, 6.45) is 28.3. The van der Waals surface area contributed by atoms with Gasteiger partial charge in [-0.05, 0) is 177 Å². The molecule has 1 heteroatoms. The largest absolute Gasteiger partial charge is 0.289 e. The number of aryl methyl sites for hydroxylation is 1. The molecule has 0 heterocycles. The zero-order chi connectivity index (χ0) is 57.7. The summed E-state index contributed by atoms with van der Waals surface area (Å²) in [5, 5.41) is 0. The van der Waals surface area contributed by atoms with Crippen LogP contribution in [0.2, 0.25) is 0 Å². The highest BCUT2D eigenvalue weighted by atomic mass is 16.1. The highest BCUT2D eigenvalue weighted by molar-refractivity contribution is 6.11. The number of hydrogen-bond acceptors (Lipinski definition) is 1. The predicted octanol–water partition coefficient (Wildman–Crippen LogP) is 20.4. The molecule has 85 heavy (non-hydrogen) atoms. The van der Waals surface area contributed by atoms with Gasteiger partial charge in [0.2, 0.25) is 0 Å². The molecule has 0 bridgehead atoms. The Labute approximate surface area is 503 Å². The molecule has 4 atom stereocenters. The van der Waals surface area contributed by atoms with Crippen LogP contribution in [0.1, 0.15) is 149 Å². The van der Waals surface area contributed by atoms with Crippen molar-refractivity contribution in [2.24, 2.45) is 11.3 Å². The highest BCUT2D eigenvalue weighted by Crippen LogP contribution is 2.70. The van der Waals surface area contributed by atoms with E-state index in [2.05, 4.69) is 283 Å². The molecular formula is C84H72O. The minimum absolute atomic E-state index is 0.0576. The number of allylic oxidation sites excluding steroid dienone is 17. The molecule has 2 spiro atoms. The minimum Gasteiger partial charge on any atom is -0.289 e. The van der Waals surface area contributed by atoms with Gasteiger partial charge in [-0.3, -0.25) is 4.79 Å². The number of carbonyl (C=O) groups is 1. The van der Waals surface area contributed by atoms with Crippen molar-refractivity contribution in [3.8, 4) is 11.1 Å². The first-order valence-corrected chi connectivity index (χ1v) is 31.1. The Kier molecular flexibility index (Phi) is 12.7. The summed E-state index contributed by atoms with van der Waals surface area (Å²) in [5.74, 6) is 0.480. The molecule has 0 saturated heterocycles. The third-order valence-corrected chi connectivity index (χ3v) is 21.2. The van der Waals surface area contributed by atoms with E-state index in [4.69, 9.17) is 6.58 Å². The van der Waals surface area contributed by atoms with Crippen molar-refractivity contribution in [3.05, 3.63) is 367 Å². The van der Waals surface area contributed by atoms with Crippen LogP contribution in [0.3, 0.4) is 0 Å². The molecule has 7 aliphatic rings. The van der Waals surface area contributed by atoms with Gasteiger partial charge < -0.3 is 0 Å². The molecule has 4 unspecified atom stereocenters. The summed E-state index contributed by atoms with van der Waals surface area (Å²) in [6, 6.07) is 74.1. The number of rotatable bonds is 13. The Morgan fingerprint density at radius 1 is 0.624 bits per heavy atom. The quantitative estimate of drug-likeness (QED) is 0.0831. The van der Waals surface area contributed by atoms with Gasteiger partial charge in [0.25, 0.3) is 0 Å². The summed E-state index contributed by atoms with van der Waals surface area (Å²) in [6.45, 7) is 14.2. The molecule has 8 aromatic carbocycles. The Bertz CT molecular complexity index is 4260. The van der Waals surface area contributed by atoms with Gasteiger partial charge in [0.1, 0.15) is 0 Å². The lowest BCUT2D eigenvalue weighted by Crippen LogP contribution is -2.38. The van der Waals surface area contributed by atoms with Crippen LogP contribution in [0.5, 0.6) is 0 Å². The second kappa shape index (κ2) is 20.4. The van der Waals surface area contributed by atoms with E-state index < -0.39 is 10.8 Å². The lowest BCUT2D eigenvalue weighted by molar-refractivity contribution is 0.103. The summed E-state index contributed by atoms with van der Waals surface area (Å²) < 4.78 is 0. The van der Waals surface area contributed by atoms with Crippen LogP contribution in [0.15, 0.2) is 295 Å². The van der Waals surface area contributed by atoms with E-state index in [0.29, 0.717) is 0 Å². The first kappa shape index (κ1) is 52.9. The summed E-state index contributed by atoms with van der Waals surface area (Å²) in [5.41, 5.74) is 27.1. The number of carbonyl (C=O) groups excluding carboxylic acids is 1. The Balaban J connectivity index is 0.906. The summed E-state index contributed by atoms with van der Waals surface area (Å²) in [7, 11) is 0. The van der Waals surface area contributed by atoms with Crippen molar-refractivity contribution < 1.29 is 4.79 Å². The molecule has 0 aromatic heterocycles. The van der Waals surface area contributed by atoms with E-state index >= 15 is 4.79 Å². The summed E-state index contributed by atoms with van der Waals surface area (Å²) >= 11 is 0. The first-order chi connectivity index (χ1) is 41.5. The normalized spacial score (nSPS) is 22.0. The van der Waals surface area contributed by atoms with E-state index in [1.807, 2.05) is 0 Å². The first-order valence-electron chi connectivity index (χ1n) is 31.1. The maximum Gasteiger partial charge on any atom is 0.193 e. The molecule has 0 radical (unpaired) electrons. The fraction of sp³-hybridized carbons (Fsp3) is 0.202. The number of ketones is 1. The van der Waals surface area contributed by atoms with E-state index in [9.17, 15) is 0 Å². The SMILES string of the molecule is C=C(C)C(=CC1=C(C)c2ccc(CCC(c3ccccc3)c3ccccc3)cc2C12C1=C(CCC=C1)c1ccc(C(=O)c3ccc4c(c3)C3(C5=C(CCC=C5)C5(C)C=CC=CC53)c3ccccc3-4)cc12)CC(C)(c1ccccc1)c1ccccc1. The highest BCUT2D eigenvalue weighted by Gasteiger charge is 2.62. The summed E-state index contributed by atoms with van der Waals surface area (Å²) in [4.78, 5) is 16.1. The molecule has 0 aliphatic heterocycles. The molecule has 1 nitrogen and oxygen atoms in total. The van der Waals surface area contributed by atoms with Crippen LogP contribution in [0, 0.1) is 11.3 Å². The number of fused-ring (bicyclic) bond motifs is 15. The Hall–Kier alpha value is -8.91.